The van der Waals surface area contributed by atoms with Crippen molar-refractivity contribution in [2.75, 3.05) is 23.3 Å². The zero-order chi connectivity index (χ0) is 16.2. The molecule has 120 valence electrons. The van der Waals surface area contributed by atoms with Gasteiger partial charge in [-0.1, -0.05) is 19.1 Å². The number of benzene rings is 1. The number of rotatable bonds is 1. The van der Waals surface area contributed by atoms with E-state index in [2.05, 4.69) is 22.1 Å². The molecule has 4 rings (SSSR count). The van der Waals surface area contributed by atoms with Crippen LogP contribution in [0.1, 0.15) is 12.5 Å². The SMILES string of the molecule is C[C@@H]1CN2C[C@H]1Nc1nc(-c3cccc(C(F)(F)F)c3)ccc12. The minimum Gasteiger partial charge on any atom is -0.366 e. The second-order valence-electron chi connectivity index (χ2n) is 6.28. The van der Waals surface area contributed by atoms with E-state index in [1.54, 1.807) is 12.1 Å². The highest BCUT2D eigenvalue weighted by atomic mass is 19.4. The first kappa shape index (κ1) is 14.4. The predicted molar refractivity (Wildman–Crippen MR) is 83.5 cm³/mol. The molecule has 23 heavy (non-hydrogen) atoms. The Bertz CT molecular complexity index is 755. The standard InChI is InChI=1S/C17H16F3N3/c1-10-8-23-9-14(10)22-16-15(23)6-5-13(21-16)11-3-2-4-12(7-11)17(18,19)20/h2-7,10,14H,8-9H2,1H3,(H,21,22)/t10-,14-/m1/s1. The number of aromatic nitrogens is 1. The third-order valence-corrected chi connectivity index (χ3v) is 4.63. The summed E-state index contributed by atoms with van der Waals surface area (Å²) in [6, 6.07) is 9.39. The zero-order valence-electron chi connectivity index (χ0n) is 12.6. The number of hydrogen-bond donors (Lipinski definition) is 1. The molecule has 0 radical (unpaired) electrons. The molecule has 0 unspecified atom stereocenters. The van der Waals surface area contributed by atoms with Crippen molar-refractivity contribution in [2.45, 2.75) is 19.1 Å². The van der Waals surface area contributed by atoms with Crippen LogP contribution in [0.15, 0.2) is 36.4 Å². The van der Waals surface area contributed by atoms with Gasteiger partial charge in [-0.25, -0.2) is 4.98 Å². The Balaban J connectivity index is 1.73. The van der Waals surface area contributed by atoms with Crippen LogP contribution >= 0.6 is 0 Å². The molecule has 1 aromatic carbocycles. The van der Waals surface area contributed by atoms with Crippen LogP contribution in [0.4, 0.5) is 24.7 Å². The molecule has 2 aliphatic heterocycles. The molecule has 1 aromatic heterocycles. The fraction of sp³-hybridized carbons (Fsp3) is 0.353. The molecule has 0 saturated carbocycles. The summed E-state index contributed by atoms with van der Waals surface area (Å²) >= 11 is 0. The summed E-state index contributed by atoms with van der Waals surface area (Å²) in [5, 5.41) is 3.42. The first-order valence-electron chi connectivity index (χ1n) is 7.62. The van der Waals surface area contributed by atoms with Crippen LogP contribution in [-0.4, -0.2) is 24.1 Å². The maximum Gasteiger partial charge on any atom is 0.416 e. The van der Waals surface area contributed by atoms with Crippen LogP contribution in [0.5, 0.6) is 0 Å². The average Bonchev–Trinajstić information content (AvgIpc) is 2.82. The largest absolute Gasteiger partial charge is 0.416 e. The molecule has 1 saturated heterocycles. The monoisotopic (exact) mass is 319 g/mol. The molecule has 2 aliphatic rings. The highest BCUT2D eigenvalue weighted by Gasteiger charge is 2.36. The van der Waals surface area contributed by atoms with Gasteiger partial charge in [0, 0.05) is 24.7 Å². The highest BCUT2D eigenvalue weighted by molar-refractivity contribution is 5.75. The summed E-state index contributed by atoms with van der Waals surface area (Å²) < 4.78 is 38.6. The third-order valence-electron chi connectivity index (χ3n) is 4.63. The quantitative estimate of drug-likeness (QED) is 0.860. The molecule has 6 heteroatoms. The van der Waals surface area contributed by atoms with Gasteiger partial charge in [0.15, 0.2) is 5.82 Å². The number of fused-ring (bicyclic) bond motifs is 4. The van der Waals surface area contributed by atoms with Crippen LogP contribution in [0.2, 0.25) is 0 Å². The molecule has 0 aliphatic carbocycles. The van der Waals surface area contributed by atoms with E-state index in [0.29, 0.717) is 23.2 Å². The second kappa shape index (κ2) is 4.88. The molecule has 0 spiro atoms. The van der Waals surface area contributed by atoms with Crippen molar-refractivity contribution in [3.05, 3.63) is 42.0 Å². The van der Waals surface area contributed by atoms with Crippen LogP contribution in [0.3, 0.4) is 0 Å². The lowest BCUT2D eigenvalue weighted by Gasteiger charge is -2.28. The molecule has 0 amide bonds. The Labute approximate surface area is 132 Å². The van der Waals surface area contributed by atoms with E-state index in [9.17, 15) is 13.2 Å². The Hall–Kier alpha value is -2.24. The topological polar surface area (TPSA) is 28.2 Å². The molecular weight excluding hydrogens is 303 g/mol. The maximum absolute atomic E-state index is 12.9. The van der Waals surface area contributed by atoms with E-state index < -0.39 is 11.7 Å². The van der Waals surface area contributed by atoms with Crippen LogP contribution in [-0.2, 0) is 6.18 Å². The molecular formula is C17H16F3N3. The fourth-order valence-corrected chi connectivity index (χ4v) is 3.36. The normalized spacial score (nSPS) is 22.7. The van der Waals surface area contributed by atoms with Gasteiger partial charge in [0.05, 0.1) is 16.9 Å². The van der Waals surface area contributed by atoms with Gasteiger partial charge in [0.1, 0.15) is 0 Å². The Morgan fingerprint density at radius 1 is 1.17 bits per heavy atom. The number of hydrogen-bond acceptors (Lipinski definition) is 3. The molecule has 2 aromatic rings. The van der Waals surface area contributed by atoms with Crippen LogP contribution in [0, 0.1) is 5.92 Å². The summed E-state index contributed by atoms with van der Waals surface area (Å²) in [4.78, 5) is 6.84. The van der Waals surface area contributed by atoms with Gasteiger partial charge >= 0.3 is 6.18 Å². The minimum atomic E-state index is -4.34. The second-order valence-corrected chi connectivity index (χ2v) is 6.28. The van der Waals surface area contributed by atoms with Crippen molar-refractivity contribution >= 4 is 11.5 Å². The summed E-state index contributed by atoms with van der Waals surface area (Å²) in [6.45, 7) is 4.13. The fourth-order valence-electron chi connectivity index (χ4n) is 3.36. The minimum absolute atomic E-state index is 0.353. The average molecular weight is 319 g/mol. The number of halogens is 3. The summed E-state index contributed by atoms with van der Waals surface area (Å²) in [7, 11) is 0. The van der Waals surface area contributed by atoms with E-state index in [1.807, 2.05) is 6.07 Å². The third kappa shape index (κ3) is 2.42. The molecule has 1 N–H and O–H groups in total. The number of pyridine rings is 1. The van der Waals surface area contributed by atoms with Gasteiger partial charge < -0.3 is 10.2 Å². The van der Waals surface area contributed by atoms with Gasteiger partial charge in [-0.2, -0.15) is 13.2 Å². The molecule has 3 nitrogen and oxygen atoms in total. The summed E-state index contributed by atoms with van der Waals surface area (Å²) in [5.41, 5.74) is 1.41. The lowest BCUT2D eigenvalue weighted by atomic mass is 10.1. The lowest BCUT2D eigenvalue weighted by Crippen LogP contribution is -2.33. The van der Waals surface area contributed by atoms with Crippen molar-refractivity contribution < 1.29 is 13.2 Å². The van der Waals surface area contributed by atoms with Gasteiger partial charge in [-0.3, -0.25) is 0 Å². The van der Waals surface area contributed by atoms with E-state index in [1.165, 1.54) is 6.07 Å². The van der Waals surface area contributed by atoms with Gasteiger partial charge in [0.2, 0.25) is 0 Å². The van der Waals surface area contributed by atoms with E-state index >= 15 is 0 Å². The molecule has 1 fully saturated rings. The van der Waals surface area contributed by atoms with Crippen molar-refractivity contribution in [3.8, 4) is 11.3 Å². The predicted octanol–water partition coefficient (Wildman–Crippen LogP) is 4.02. The Kier molecular flexibility index (Phi) is 3.04. The first-order valence-corrected chi connectivity index (χ1v) is 7.62. The number of alkyl halides is 3. The maximum atomic E-state index is 12.9. The molecule has 2 atom stereocenters. The smallest absolute Gasteiger partial charge is 0.366 e. The van der Waals surface area contributed by atoms with Crippen molar-refractivity contribution in [3.63, 3.8) is 0 Å². The van der Waals surface area contributed by atoms with Crippen LogP contribution < -0.4 is 10.2 Å². The van der Waals surface area contributed by atoms with Crippen molar-refractivity contribution in [1.29, 1.82) is 0 Å². The van der Waals surface area contributed by atoms with Gasteiger partial charge in [0.25, 0.3) is 0 Å². The summed E-state index contributed by atoms with van der Waals surface area (Å²) in [5.74, 6) is 1.29. The van der Waals surface area contributed by atoms with Crippen molar-refractivity contribution in [2.24, 2.45) is 5.92 Å². The molecule has 3 heterocycles. The highest BCUT2D eigenvalue weighted by Crippen LogP contribution is 2.38. The molecule has 2 bridgehead atoms. The van der Waals surface area contributed by atoms with E-state index in [-0.39, 0.29) is 0 Å². The van der Waals surface area contributed by atoms with Gasteiger partial charge in [-0.15, -0.1) is 0 Å². The lowest BCUT2D eigenvalue weighted by molar-refractivity contribution is -0.137. The van der Waals surface area contributed by atoms with E-state index in [0.717, 1.165) is 36.7 Å². The van der Waals surface area contributed by atoms with Gasteiger partial charge in [-0.05, 0) is 30.2 Å². The Morgan fingerprint density at radius 3 is 2.78 bits per heavy atom. The first-order chi connectivity index (χ1) is 10.9. The number of anilines is 2. The zero-order valence-corrected chi connectivity index (χ0v) is 12.6. The van der Waals surface area contributed by atoms with Crippen LogP contribution in [0.25, 0.3) is 11.3 Å². The number of nitrogens with one attached hydrogen (secondary N) is 1. The Morgan fingerprint density at radius 2 is 2.00 bits per heavy atom. The summed E-state index contributed by atoms with van der Waals surface area (Å²) in [6.07, 6.45) is -4.34. The van der Waals surface area contributed by atoms with Crippen molar-refractivity contribution in [1.82, 2.24) is 4.98 Å². The number of nitrogens with zero attached hydrogens (tertiary/aromatic N) is 2. The van der Waals surface area contributed by atoms with E-state index in [4.69, 9.17) is 0 Å².